The average Bonchev–Trinajstić information content (AvgIpc) is 2.72. The van der Waals surface area contributed by atoms with Crippen molar-refractivity contribution >= 4 is 29.2 Å². The van der Waals surface area contributed by atoms with E-state index in [2.05, 4.69) is 20.8 Å². The second kappa shape index (κ2) is 8.50. The summed E-state index contributed by atoms with van der Waals surface area (Å²) in [5, 5.41) is 20.8. The van der Waals surface area contributed by atoms with Gasteiger partial charge in [-0.25, -0.2) is 9.97 Å². The van der Waals surface area contributed by atoms with E-state index in [-0.39, 0.29) is 17.3 Å². The van der Waals surface area contributed by atoms with E-state index in [0.717, 1.165) is 11.9 Å². The van der Waals surface area contributed by atoms with Gasteiger partial charge in [-0.15, -0.1) is 0 Å². The van der Waals surface area contributed by atoms with Crippen LogP contribution in [0.15, 0.2) is 30.6 Å². The number of benzene rings is 1. The molecule has 1 fully saturated rings. The maximum atomic E-state index is 12.4. The first-order valence-electron chi connectivity index (χ1n) is 8.97. The van der Waals surface area contributed by atoms with Crippen LogP contribution in [-0.2, 0) is 4.79 Å². The number of carboxylic acids is 1. The van der Waals surface area contributed by atoms with E-state index in [0.29, 0.717) is 31.5 Å². The van der Waals surface area contributed by atoms with Crippen LogP contribution in [0, 0.1) is 23.0 Å². The number of carboxylic acid groups (broad SMARTS) is 1. The maximum Gasteiger partial charge on any atom is 0.355 e. The summed E-state index contributed by atoms with van der Waals surface area (Å²) in [4.78, 5) is 44.1. The van der Waals surface area contributed by atoms with E-state index in [4.69, 9.17) is 5.11 Å². The monoisotopic (exact) mass is 400 g/mol. The number of nitro groups is 1. The first-order chi connectivity index (χ1) is 13.9. The zero-order valence-electron chi connectivity index (χ0n) is 15.7. The van der Waals surface area contributed by atoms with Gasteiger partial charge in [0.1, 0.15) is 6.33 Å². The standard InChI is InChI=1S/C18H20N6O5/c1-11-4-2-3-5-13(11)17(25)22-21-15-14(24(28)29)16(20-10-19-15)23-8-6-12(7-9-23)18(26)27/h2-5,10,12H,6-9H2,1H3,(H,22,25)(H,26,27)(H,19,20,21). The third kappa shape index (κ3) is 4.39. The van der Waals surface area contributed by atoms with Crippen molar-refractivity contribution in [1.82, 2.24) is 15.4 Å². The van der Waals surface area contributed by atoms with Crippen LogP contribution < -0.4 is 15.8 Å². The number of aromatic nitrogens is 2. The lowest BCUT2D eigenvalue weighted by atomic mass is 9.97. The number of nitrogens with one attached hydrogen (secondary N) is 2. The Morgan fingerprint density at radius 1 is 1.24 bits per heavy atom. The van der Waals surface area contributed by atoms with E-state index in [1.165, 1.54) is 0 Å². The number of hydrogen-bond donors (Lipinski definition) is 3. The molecule has 0 spiro atoms. The molecule has 1 aliphatic heterocycles. The number of aliphatic carboxylic acids is 1. The summed E-state index contributed by atoms with van der Waals surface area (Å²) in [7, 11) is 0. The number of nitrogens with zero attached hydrogens (tertiary/aromatic N) is 4. The molecule has 1 saturated heterocycles. The van der Waals surface area contributed by atoms with Crippen molar-refractivity contribution in [3.8, 4) is 0 Å². The molecule has 0 bridgehead atoms. The van der Waals surface area contributed by atoms with Gasteiger partial charge in [-0.1, -0.05) is 18.2 Å². The molecule has 1 amide bonds. The fraction of sp³-hybridized carbons (Fsp3) is 0.333. The highest BCUT2D eigenvalue weighted by Gasteiger charge is 2.31. The largest absolute Gasteiger partial charge is 0.481 e. The number of hydrazine groups is 1. The highest BCUT2D eigenvalue weighted by Crippen LogP contribution is 2.33. The smallest absolute Gasteiger partial charge is 0.355 e. The Labute approximate surface area is 165 Å². The fourth-order valence-electron chi connectivity index (χ4n) is 3.21. The molecule has 1 aromatic carbocycles. The minimum Gasteiger partial charge on any atom is -0.481 e. The Bertz CT molecular complexity index is 942. The van der Waals surface area contributed by atoms with Gasteiger partial charge < -0.3 is 10.0 Å². The minimum atomic E-state index is -0.872. The molecule has 1 aromatic heterocycles. The first kappa shape index (κ1) is 20.0. The Hall–Kier alpha value is -3.76. The van der Waals surface area contributed by atoms with Crippen LogP contribution in [-0.4, -0.2) is 45.0 Å². The summed E-state index contributed by atoms with van der Waals surface area (Å²) in [6.45, 7) is 2.43. The van der Waals surface area contributed by atoms with Crippen LogP contribution in [0.2, 0.25) is 0 Å². The summed E-state index contributed by atoms with van der Waals surface area (Å²) in [6, 6.07) is 6.93. The Kier molecular flexibility index (Phi) is 5.86. The number of hydrogen-bond acceptors (Lipinski definition) is 8. The van der Waals surface area contributed by atoms with Gasteiger partial charge in [0.2, 0.25) is 11.6 Å². The van der Waals surface area contributed by atoms with Gasteiger partial charge in [0.15, 0.2) is 0 Å². The predicted molar refractivity (Wildman–Crippen MR) is 104 cm³/mol. The maximum absolute atomic E-state index is 12.4. The summed E-state index contributed by atoms with van der Waals surface area (Å²) in [6.07, 6.45) is 1.89. The van der Waals surface area contributed by atoms with Crippen LogP contribution in [0.25, 0.3) is 0 Å². The molecule has 0 unspecified atom stereocenters. The SMILES string of the molecule is Cc1ccccc1C(=O)NNc1ncnc(N2CCC(C(=O)O)CC2)c1[N+](=O)[O-]. The van der Waals surface area contributed by atoms with Gasteiger partial charge in [-0.3, -0.25) is 30.6 Å². The molecule has 3 N–H and O–H groups in total. The van der Waals surface area contributed by atoms with Gasteiger partial charge >= 0.3 is 11.7 Å². The van der Waals surface area contributed by atoms with Gasteiger partial charge in [0.05, 0.1) is 10.8 Å². The third-order valence-electron chi connectivity index (χ3n) is 4.81. The van der Waals surface area contributed by atoms with Crippen LogP contribution >= 0.6 is 0 Å². The topological polar surface area (TPSA) is 151 Å². The average molecular weight is 400 g/mol. The second-order valence-corrected chi connectivity index (χ2v) is 6.65. The van der Waals surface area contributed by atoms with Gasteiger partial charge in [-0.05, 0) is 31.4 Å². The Morgan fingerprint density at radius 3 is 2.55 bits per heavy atom. The van der Waals surface area contributed by atoms with E-state index >= 15 is 0 Å². The molecule has 3 rings (SSSR count). The highest BCUT2D eigenvalue weighted by atomic mass is 16.6. The van der Waals surface area contributed by atoms with Gasteiger partial charge in [0.25, 0.3) is 5.91 Å². The van der Waals surface area contributed by atoms with E-state index < -0.39 is 22.7 Å². The molecule has 1 aliphatic rings. The Morgan fingerprint density at radius 2 is 1.93 bits per heavy atom. The molecule has 0 atom stereocenters. The lowest BCUT2D eigenvalue weighted by molar-refractivity contribution is -0.383. The van der Waals surface area contributed by atoms with E-state index in [1.54, 1.807) is 36.1 Å². The molecule has 0 aliphatic carbocycles. The van der Waals surface area contributed by atoms with Gasteiger partial charge in [-0.2, -0.15) is 0 Å². The van der Waals surface area contributed by atoms with Crippen molar-refractivity contribution in [3.63, 3.8) is 0 Å². The number of amides is 1. The molecule has 11 heteroatoms. The summed E-state index contributed by atoms with van der Waals surface area (Å²) >= 11 is 0. The predicted octanol–water partition coefficient (Wildman–Crippen LogP) is 1.75. The summed E-state index contributed by atoms with van der Waals surface area (Å²) < 4.78 is 0. The molecule has 0 saturated carbocycles. The van der Waals surface area contributed by atoms with Crippen LogP contribution in [0.1, 0.15) is 28.8 Å². The highest BCUT2D eigenvalue weighted by molar-refractivity contribution is 5.96. The van der Waals surface area contributed by atoms with Crippen molar-refractivity contribution in [2.45, 2.75) is 19.8 Å². The quantitative estimate of drug-likeness (QED) is 0.486. The minimum absolute atomic E-state index is 0.0847. The number of carbonyl (C=O) groups excluding carboxylic acids is 1. The number of carbonyl (C=O) groups is 2. The fourth-order valence-corrected chi connectivity index (χ4v) is 3.21. The van der Waals surface area contributed by atoms with Gasteiger partial charge in [0, 0.05) is 18.7 Å². The van der Waals surface area contributed by atoms with Crippen LogP contribution in [0.3, 0.4) is 0 Å². The normalized spacial score (nSPS) is 14.3. The van der Waals surface area contributed by atoms with Crippen LogP contribution in [0.5, 0.6) is 0 Å². The van der Waals surface area contributed by atoms with E-state index in [9.17, 15) is 19.7 Å². The van der Waals surface area contributed by atoms with Crippen LogP contribution in [0.4, 0.5) is 17.3 Å². The number of rotatable bonds is 6. The zero-order valence-corrected chi connectivity index (χ0v) is 15.7. The molecule has 0 radical (unpaired) electrons. The molecular weight excluding hydrogens is 380 g/mol. The molecule has 2 heterocycles. The molecule has 2 aromatic rings. The van der Waals surface area contributed by atoms with Crippen molar-refractivity contribution in [1.29, 1.82) is 0 Å². The molecule has 152 valence electrons. The van der Waals surface area contributed by atoms with Crippen molar-refractivity contribution < 1.29 is 19.6 Å². The van der Waals surface area contributed by atoms with Crippen molar-refractivity contribution in [2.24, 2.45) is 5.92 Å². The number of anilines is 2. The number of aryl methyl sites for hydroxylation is 1. The molecular formula is C18H20N6O5. The zero-order chi connectivity index (χ0) is 21.0. The summed E-state index contributed by atoms with van der Waals surface area (Å²) in [5.74, 6) is -1.87. The Balaban J connectivity index is 1.79. The number of piperidine rings is 1. The second-order valence-electron chi connectivity index (χ2n) is 6.65. The lowest BCUT2D eigenvalue weighted by Crippen LogP contribution is -2.37. The summed E-state index contributed by atoms with van der Waals surface area (Å²) in [5.41, 5.74) is 5.73. The lowest BCUT2D eigenvalue weighted by Gasteiger charge is -2.30. The van der Waals surface area contributed by atoms with Crippen molar-refractivity contribution in [3.05, 3.63) is 51.8 Å². The first-order valence-corrected chi connectivity index (χ1v) is 8.97. The third-order valence-corrected chi connectivity index (χ3v) is 4.81. The van der Waals surface area contributed by atoms with E-state index in [1.807, 2.05) is 0 Å². The molecule has 29 heavy (non-hydrogen) atoms. The van der Waals surface area contributed by atoms with Crippen molar-refractivity contribution in [2.75, 3.05) is 23.4 Å². The molecule has 11 nitrogen and oxygen atoms in total.